The van der Waals surface area contributed by atoms with Gasteiger partial charge in [-0.05, 0) is 31.2 Å². The maximum absolute atomic E-state index is 12.1. The van der Waals surface area contributed by atoms with Gasteiger partial charge in [0, 0.05) is 35.6 Å². The Balaban J connectivity index is 1.83. The van der Waals surface area contributed by atoms with Gasteiger partial charge in [0.1, 0.15) is 0 Å². The number of nitrogens with zero attached hydrogens (tertiary/aromatic N) is 4. The molecule has 25 heavy (non-hydrogen) atoms. The van der Waals surface area contributed by atoms with Crippen LogP contribution in [0.5, 0.6) is 0 Å². The van der Waals surface area contributed by atoms with Crippen molar-refractivity contribution in [2.75, 3.05) is 6.54 Å². The molecule has 2 amide bonds. The molecule has 2 heterocycles. The summed E-state index contributed by atoms with van der Waals surface area (Å²) in [4.78, 5) is 32.2. The quantitative estimate of drug-likeness (QED) is 0.778. The zero-order valence-corrected chi connectivity index (χ0v) is 13.3. The second kappa shape index (κ2) is 6.91. The Bertz CT molecular complexity index is 891. The molecule has 2 aromatic heterocycles. The zero-order chi connectivity index (χ0) is 17.8. The second-order valence-corrected chi connectivity index (χ2v) is 5.07. The van der Waals surface area contributed by atoms with Gasteiger partial charge in [-0.2, -0.15) is 4.98 Å². The molecule has 8 heteroatoms. The monoisotopic (exact) mass is 338 g/mol. The van der Waals surface area contributed by atoms with Crippen LogP contribution in [-0.2, 0) is 0 Å². The van der Waals surface area contributed by atoms with E-state index < -0.39 is 12.0 Å². The van der Waals surface area contributed by atoms with Gasteiger partial charge in [0.2, 0.25) is 5.82 Å². The van der Waals surface area contributed by atoms with Crippen LogP contribution in [0.4, 0.5) is 4.79 Å². The minimum absolute atomic E-state index is 0.0794. The van der Waals surface area contributed by atoms with Crippen LogP contribution >= 0.6 is 0 Å². The van der Waals surface area contributed by atoms with E-state index in [1.165, 1.54) is 12.1 Å². The molecule has 1 aromatic carbocycles. The normalized spacial score (nSPS) is 10.4. The molecule has 0 saturated heterocycles. The number of hydrogen-bond donors (Lipinski definition) is 1. The van der Waals surface area contributed by atoms with Crippen molar-refractivity contribution in [2.45, 2.75) is 6.92 Å². The Morgan fingerprint density at radius 1 is 1.08 bits per heavy atom. The third kappa shape index (κ3) is 3.37. The van der Waals surface area contributed by atoms with Crippen molar-refractivity contribution in [3.8, 4) is 22.8 Å². The molecule has 0 spiro atoms. The summed E-state index contributed by atoms with van der Waals surface area (Å²) in [7, 11) is 0. The first kappa shape index (κ1) is 16.3. The average molecular weight is 338 g/mol. The Hall–Kier alpha value is -3.55. The summed E-state index contributed by atoms with van der Waals surface area (Å²) in [5.41, 5.74) is 1.67. The van der Waals surface area contributed by atoms with Gasteiger partial charge >= 0.3 is 6.09 Å². The molecule has 3 rings (SSSR count). The van der Waals surface area contributed by atoms with E-state index in [4.69, 9.17) is 9.63 Å². The largest absolute Gasteiger partial charge is 0.465 e. The first-order valence-corrected chi connectivity index (χ1v) is 7.49. The van der Waals surface area contributed by atoms with E-state index in [-0.39, 0.29) is 12.1 Å². The van der Waals surface area contributed by atoms with Crippen LogP contribution in [0.1, 0.15) is 17.3 Å². The Morgan fingerprint density at radius 3 is 2.36 bits per heavy atom. The molecule has 8 nitrogen and oxygen atoms in total. The Labute approximate surface area is 142 Å². The maximum atomic E-state index is 12.1. The summed E-state index contributed by atoms with van der Waals surface area (Å²) in [6.07, 6.45) is 1.97. The summed E-state index contributed by atoms with van der Waals surface area (Å²) in [6.45, 7) is 1.68. The average Bonchev–Trinajstić information content (AvgIpc) is 3.13. The standard InChI is InChI=1S/C17H14N4O4/c1-2-21(17(23)24)16(22)13-5-3-11(4-6-13)14-19-15(25-20-14)12-7-9-18-10-8-12/h3-10H,2H2,1H3,(H,23,24). The Morgan fingerprint density at radius 2 is 1.76 bits per heavy atom. The highest BCUT2D eigenvalue weighted by Crippen LogP contribution is 2.22. The van der Waals surface area contributed by atoms with Gasteiger partial charge in [0.15, 0.2) is 0 Å². The number of amides is 2. The predicted octanol–water partition coefficient (Wildman–Crippen LogP) is 2.94. The lowest BCUT2D eigenvalue weighted by molar-refractivity contribution is 0.0751. The van der Waals surface area contributed by atoms with E-state index in [0.29, 0.717) is 17.3 Å². The fourth-order valence-electron chi connectivity index (χ4n) is 2.24. The molecule has 0 aliphatic carbocycles. The number of pyridine rings is 1. The lowest BCUT2D eigenvalue weighted by Crippen LogP contribution is -2.35. The highest BCUT2D eigenvalue weighted by atomic mass is 16.5. The van der Waals surface area contributed by atoms with Crippen LogP contribution in [0.2, 0.25) is 0 Å². The lowest BCUT2D eigenvalue weighted by Gasteiger charge is -2.14. The molecule has 0 unspecified atom stereocenters. The number of rotatable bonds is 4. The van der Waals surface area contributed by atoms with Gasteiger partial charge in [0.25, 0.3) is 11.8 Å². The number of aromatic nitrogens is 3. The van der Waals surface area contributed by atoms with Crippen molar-refractivity contribution in [1.29, 1.82) is 0 Å². The topological polar surface area (TPSA) is 109 Å². The van der Waals surface area contributed by atoms with E-state index in [0.717, 1.165) is 10.5 Å². The maximum Gasteiger partial charge on any atom is 0.414 e. The molecule has 0 fully saturated rings. The molecule has 3 aromatic rings. The first-order valence-electron chi connectivity index (χ1n) is 7.49. The van der Waals surface area contributed by atoms with Crippen LogP contribution in [0.25, 0.3) is 22.8 Å². The van der Waals surface area contributed by atoms with Crippen LogP contribution in [-0.4, -0.2) is 43.7 Å². The molecule has 1 N–H and O–H groups in total. The van der Waals surface area contributed by atoms with E-state index in [1.54, 1.807) is 43.6 Å². The van der Waals surface area contributed by atoms with Gasteiger partial charge in [-0.25, -0.2) is 9.69 Å². The summed E-state index contributed by atoms with van der Waals surface area (Å²) < 4.78 is 5.23. The number of benzene rings is 1. The first-order chi connectivity index (χ1) is 12.1. The third-order valence-corrected chi connectivity index (χ3v) is 3.54. The fraction of sp³-hybridized carbons (Fsp3) is 0.118. The van der Waals surface area contributed by atoms with Gasteiger partial charge in [-0.15, -0.1) is 0 Å². The molecule has 0 atom stereocenters. The number of carbonyl (C=O) groups is 2. The van der Waals surface area contributed by atoms with Gasteiger partial charge in [-0.1, -0.05) is 17.3 Å². The number of hydrogen-bond acceptors (Lipinski definition) is 6. The summed E-state index contributed by atoms with van der Waals surface area (Å²) in [5.74, 6) is 0.157. The lowest BCUT2D eigenvalue weighted by atomic mass is 10.1. The molecule has 0 radical (unpaired) electrons. The van der Waals surface area contributed by atoms with E-state index in [9.17, 15) is 9.59 Å². The number of carboxylic acid groups (broad SMARTS) is 1. The van der Waals surface area contributed by atoms with Crippen molar-refractivity contribution in [3.05, 3.63) is 54.4 Å². The van der Waals surface area contributed by atoms with Crippen LogP contribution in [0.3, 0.4) is 0 Å². The molecule has 0 bridgehead atoms. The molecule has 0 aliphatic rings. The van der Waals surface area contributed by atoms with Crippen molar-refractivity contribution in [3.63, 3.8) is 0 Å². The van der Waals surface area contributed by atoms with Crippen LogP contribution in [0, 0.1) is 0 Å². The molecular weight excluding hydrogens is 324 g/mol. The summed E-state index contributed by atoms with van der Waals surface area (Å²) >= 11 is 0. The SMILES string of the molecule is CCN(C(=O)O)C(=O)c1ccc(-c2noc(-c3ccncc3)n2)cc1. The van der Waals surface area contributed by atoms with Crippen molar-refractivity contribution < 1.29 is 19.2 Å². The molecule has 0 aliphatic heterocycles. The van der Waals surface area contributed by atoms with Gasteiger partial charge in [0.05, 0.1) is 0 Å². The van der Waals surface area contributed by atoms with Crippen molar-refractivity contribution in [2.24, 2.45) is 0 Å². The highest BCUT2D eigenvalue weighted by Gasteiger charge is 2.20. The Kier molecular flexibility index (Phi) is 4.51. The molecule has 126 valence electrons. The zero-order valence-electron chi connectivity index (χ0n) is 13.3. The van der Waals surface area contributed by atoms with Crippen LogP contribution in [0.15, 0.2) is 53.3 Å². The van der Waals surface area contributed by atoms with E-state index >= 15 is 0 Å². The van der Waals surface area contributed by atoms with Gasteiger partial charge < -0.3 is 9.63 Å². The predicted molar refractivity (Wildman–Crippen MR) is 87.7 cm³/mol. The number of imide groups is 1. The fourth-order valence-corrected chi connectivity index (χ4v) is 2.24. The minimum atomic E-state index is -1.28. The van der Waals surface area contributed by atoms with E-state index in [2.05, 4.69) is 15.1 Å². The second-order valence-electron chi connectivity index (χ2n) is 5.07. The highest BCUT2D eigenvalue weighted by molar-refractivity contribution is 6.02. The molecule has 0 saturated carbocycles. The van der Waals surface area contributed by atoms with Crippen molar-refractivity contribution in [1.82, 2.24) is 20.0 Å². The smallest absolute Gasteiger partial charge is 0.414 e. The number of carbonyl (C=O) groups excluding carboxylic acids is 1. The molecular formula is C17H14N4O4. The minimum Gasteiger partial charge on any atom is -0.465 e. The van der Waals surface area contributed by atoms with Crippen LogP contribution < -0.4 is 0 Å². The van der Waals surface area contributed by atoms with Crippen molar-refractivity contribution >= 4 is 12.0 Å². The third-order valence-electron chi connectivity index (χ3n) is 3.54. The summed E-state index contributed by atoms with van der Waals surface area (Å²) in [5, 5.41) is 12.9. The van der Waals surface area contributed by atoms with E-state index in [1.807, 2.05) is 0 Å². The summed E-state index contributed by atoms with van der Waals surface area (Å²) in [6, 6.07) is 9.86. The van der Waals surface area contributed by atoms with Gasteiger partial charge in [-0.3, -0.25) is 9.78 Å².